The molecule has 0 saturated heterocycles. The molecule has 3 aromatic carbocycles. The minimum atomic E-state index is -0.375. The van der Waals surface area contributed by atoms with E-state index in [4.69, 9.17) is 16.3 Å². The van der Waals surface area contributed by atoms with Crippen molar-refractivity contribution in [2.45, 2.75) is 40.0 Å². The third-order valence-electron chi connectivity index (χ3n) is 5.44. The summed E-state index contributed by atoms with van der Waals surface area (Å²) in [6.07, 6.45) is 1.00. The number of benzene rings is 3. The number of hydrogen-bond acceptors (Lipinski definition) is 3. The first kappa shape index (κ1) is 25.3. The Morgan fingerprint density at radius 2 is 1.62 bits per heavy atom. The van der Waals surface area contributed by atoms with Gasteiger partial charge in [0.15, 0.2) is 0 Å². The first-order chi connectivity index (χ1) is 16.3. The molecule has 2 amide bonds. The Labute approximate surface area is 206 Å². The highest BCUT2D eigenvalue weighted by molar-refractivity contribution is 6.34. The average Bonchev–Trinajstić information content (AvgIpc) is 2.81. The molecule has 0 radical (unpaired) electrons. The summed E-state index contributed by atoms with van der Waals surface area (Å²) in [4.78, 5) is 25.8. The maximum absolute atomic E-state index is 12.9. The van der Waals surface area contributed by atoms with Gasteiger partial charge in [0.1, 0.15) is 5.75 Å². The normalized spacial score (nSPS) is 11.7. The molecule has 0 aliphatic rings. The van der Waals surface area contributed by atoms with Gasteiger partial charge in [0.2, 0.25) is 5.91 Å². The van der Waals surface area contributed by atoms with Gasteiger partial charge in [-0.2, -0.15) is 0 Å². The van der Waals surface area contributed by atoms with Crippen LogP contribution in [0, 0.1) is 5.92 Å². The van der Waals surface area contributed by atoms with Crippen LogP contribution in [0.2, 0.25) is 5.02 Å². The topological polar surface area (TPSA) is 67.4 Å². The molecule has 5 nitrogen and oxygen atoms in total. The highest BCUT2D eigenvalue weighted by Gasteiger charge is 2.18. The molecule has 0 unspecified atom stereocenters. The minimum absolute atomic E-state index is 0.197. The average molecular weight is 479 g/mol. The van der Waals surface area contributed by atoms with Gasteiger partial charge in [0, 0.05) is 5.56 Å². The van der Waals surface area contributed by atoms with Crippen LogP contribution in [0.3, 0.4) is 0 Å². The number of para-hydroxylation sites is 2. The molecule has 0 bridgehead atoms. The van der Waals surface area contributed by atoms with E-state index in [1.54, 1.807) is 30.3 Å². The van der Waals surface area contributed by atoms with Gasteiger partial charge in [-0.3, -0.25) is 9.59 Å². The predicted octanol–water partition coefficient (Wildman–Crippen LogP) is 6.93. The molecule has 0 aliphatic heterocycles. The smallest absolute Gasteiger partial charge is 0.255 e. The number of hydrogen-bond donors (Lipinski definition) is 2. The maximum atomic E-state index is 12.9. The second-order valence-corrected chi connectivity index (χ2v) is 9.04. The summed E-state index contributed by atoms with van der Waals surface area (Å²) in [6, 6.07) is 20.1. The van der Waals surface area contributed by atoms with E-state index >= 15 is 0 Å². The number of anilines is 2. The van der Waals surface area contributed by atoms with E-state index in [1.807, 2.05) is 38.1 Å². The molecule has 2 N–H and O–H groups in total. The van der Waals surface area contributed by atoms with E-state index in [0.717, 1.165) is 12.0 Å². The van der Waals surface area contributed by atoms with Crippen molar-refractivity contribution >= 4 is 34.8 Å². The Morgan fingerprint density at radius 3 is 2.29 bits per heavy atom. The van der Waals surface area contributed by atoms with Gasteiger partial charge in [0.05, 0.1) is 28.9 Å². The Bertz CT molecular complexity index is 1140. The van der Waals surface area contributed by atoms with Gasteiger partial charge in [-0.25, -0.2) is 0 Å². The lowest BCUT2D eigenvalue weighted by atomic mass is 9.96. The fraction of sp³-hybridized carbons (Fsp3) is 0.286. The van der Waals surface area contributed by atoms with Gasteiger partial charge in [0.25, 0.3) is 5.91 Å². The van der Waals surface area contributed by atoms with Crippen LogP contribution < -0.4 is 15.4 Å². The molecule has 34 heavy (non-hydrogen) atoms. The third kappa shape index (κ3) is 6.61. The van der Waals surface area contributed by atoms with Crippen molar-refractivity contribution in [1.29, 1.82) is 0 Å². The molecule has 0 heterocycles. The van der Waals surface area contributed by atoms with Crippen LogP contribution in [0.4, 0.5) is 11.4 Å². The van der Waals surface area contributed by atoms with Gasteiger partial charge < -0.3 is 15.4 Å². The number of halogens is 1. The molecule has 0 spiro atoms. The molecule has 0 aliphatic carbocycles. The van der Waals surface area contributed by atoms with E-state index in [1.165, 1.54) is 5.56 Å². The number of nitrogens with one attached hydrogen (secondary N) is 2. The van der Waals surface area contributed by atoms with E-state index < -0.39 is 0 Å². The van der Waals surface area contributed by atoms with E-state index in [2.05, 4.69) is 36.6 Å². The molecular formula is C28H31ClN2O3. The Hall–Kier alpha value is -3.31. The molecule has 0 saturated carbocycles. The monoisotopic (exact) mass is 478 g/mol. The fourth-order valence-electron chi connectivity index (χ4n) is 3.61. The van der Waals surface area contributed by atoms with Gasteiger partial charge >= 0.3 is 0 Å². The van der Waals surface area contributed by atoms with Crippen LogP contribution in [0.5, 0.6) is 5.75 Å². The lowest BCUT2D eigenvalue weighted by molar-refractivity contribution is -0.117. The number of amides is 2. The number of ether oxygens (including phenoxy) is 1. The molecule has 0 fully saturated rings. The zero-order chi connectivity index (χ0) is 24.7. The van der Waals surface area contributed by atoms with Crippen LogP contribution in [0.1, 0.15) is 55.1 Å². The second kappa shape index (κ2) is 11.7. The molecule has 178 valence electrons. The van der Waals surface area contributed by atoms with Gasteiger partial charge in [-0.05, 0) is 67.6 Å². The van der Waals surface area contributed by atoms with Crippen molar-refractivity contribution in [2.75, 3.05) is 17.2 Å². The summed E-state index contributed by atoms with van der Waals surface area (Å²) in [5.74, 6) is 0.269. The minimum Gasteiger partial charge on any atom is -0.492 e. The van der Waals surface area contributed by atoms with Crippen molar-refractivity contribution in [2.24, 2.45) is 5.92 Å². The number of rotatable bonds is 9. The summed E-state index contributed by atoms with van der Waals surface area (Å²) in [5, 5.41) is 6.09. The third-order valence-corrected chi connectivity index (χ3v) is 5.77. The van der Waals surface area contributed by atoms with Crippen LogP contribution >= 0.6 is 11.6 Å². The number of carbonyl (C=O) groups excluding carboxylic acids is 2. The van der Waals surface area contributed by atoms with E-state index in [9.17, 15) is 9.59 Å². The molecule has 1 atom stereocenters. The summed E-state index contributed by atoms with van der Waals surface area (Å²) in [6.45, 7) is 8.58. The highest BCUT2D eigenvalue weighted by Crippen LogP contribution is 2.28. The van der Waals surface area contributed by atoms with Crippen molar-refractivity contribution in [3.05, 3.63) is 88.4 Å². The lowest BCUT2D eigenvalue weighted by Crippen LogP contribution is -2.20. The molecule has 6 heteroatoms. The first-order valence-electron chi connectivity index (χ1n) is 11.5. The van der Waals surface area contributed by atoms with Crippen molar-refractivity contribution in [3.8, 4) is 5.75 Å². The van der Waals surface area contributed by atoms with E-state index in [0.29, 0.717) is 40.2 Å². The molecular weight excluding hydrogens is 448 g/mol. The highest BCUT2D eigenvalue weighted by atomic mass is 35.5. The number of carbonyl (C=O) groups is 2. The van der Waals surface area contributed by atoms with Crippen molar-refractivity contribution < 1.29 is 14.3 Å². The SMILES string of the molecule is CCOc1ccccc1NC(=O)c1ccc(Cl)c(NC(=O)[C@H](C)c2ccc(CC(C)C)cc2)c1. The Kier molecular flexibility index (Phi) is 8.72. The van der Waals surface area contributed by atoms with Crippen LogP contribution in [0.15, 0.2) is 66.7 Å². The fourth-order valence-corrected chi connectivity index (χ4v) is 3.78. The molecule has 3 aromatic rings. The zero-order valence-corrected chi connectivity index (χ0v) is 20.8. The van der Waals surface area contributed by atoms with Crippen molar-refractivity contribution in [3.63, 3.8) is 0 Å². The van der Waals surface area contributed by atoms with Crippen LogP contribution in [-0.2, 0) is 11.2 Å². The zero-order valence-electron chi connectivity index (χ0n) is 20.0. The van der Waals surface area contributed by atoms with Gasteiger partial charge in [-0.1, -0.05) is 61.8 Å². The largest absolute Gasteiger partial charge is 0.492 e. The summed E-state index contributed by atoms with van der Waals surface area (Å²) < 4.78 is 5.57. The molecule has 0 aromatic heterocycles. The first-order valence-corrected chi connectivity index (χ1v) is 11.9. The summed E-state index contributed by atoms with van der Waals surface area (Å²) in [5.41, 5.74) is 3.50. The quantitative estimate of drug-likeness (QED) is 0.350. The maximum Gasteiger partial charge on any atom is 0.255 e. The Balaban J connectivity index is 1.72. The summed E-state index contributed by atoms with van der Waals surface area (Å²) >= 11 is 6.33. The van der Waals surface area contributed by atoms with Gasteiger partial charge in [-0.15, -0.1) is 0 Å². The second-order valence-electron chi connectivity index (χ2n) is 8.63. The van der Waals surface area contributed by atoms with Crippen LogP contribution in [-0.4, -0.2) is 18.4 Å². The summed E-state index contributed by atoms with van der Waals surface area (Å²) in [7, 11) is 0. The van der Waals surface area contributed by atoms with Crippen molar-refractivity contribution in [1.82, 2.24) is 0 Å². The Morgan fingerprint density at radius 1 is 0.912 bits per heavy atom. The predicted molar refractivity (Wildman–Crippen MR) is 139 cm³/mol. The lowest BCUT2D eigenvalue weighted by Gasteiger charge is -2.15. The van der Waals surface area contributed by atoms with E-state index in [-0.39, 0.29) is 17.7 Å². The standard InChI is InChI=1S/C28H31ClN2O3/c1-5-34-26-9-7-6-8-24(26)30-28(33)22-14-15-23(29)25(17-22)31-27(32)19(4)21-12-10-20(11-13-21)16-18(2)3/h6-15,17-19H,5,16H2,1-4H3,(H,30,33)(H,31,32)/t19-/m1/s1. The van der Waals surface area contributed by atoms with Crippen LogP contribution in [0.25, 0.3) is 0 Å². The molecule has 3 rings (SSSR count).